The van der Waals surface area contributed by atoms with Crippen LogP contribution in [0.4, 0.5) is 0 Å². The van der Waals surface area contributed by atoms with Gasteiger partial charge >= 0.3 is 0 Å². The maximum atomic E-state index is 5.57. The van der Waals surface area contributed by atoms with Crippen molar-refractivity contribution in [1.82, 2.24) is 9.97 Å². The van der Waals surface area contributed by atoms with Gasteiger partial charge in [0.25, 0.3) is 0 Å². The molecule has 0 saturated carbocycles. The molecule has 11 rings (SSSR count). The summed E-state index contributed by atoms with van der Waals surface area (Å²) in [6, 6.07) is 67.8. The smallest absolute Gasteiger partial charge is 0.161 e. The maximum absolute atomic E-state index is 5.57. The second kappa shape index (κ2) is 12.2. The van der Waals surface area contributed by atoms with E-state index < -0.39 is 0 Å². The summed E-state index contributed by atoms with van der Waals surface area (Å²) in [5.74, 6) is 0.721. The van der Waals surface area contributed by atoms with E-state index in [4.69, 9.17) is 9.97 Å². The SMILES string of the molecule is c1cc(-c2cccc3ccccc23)cc(-c2c3ccccc3c(-c3ncc4c(n3)-c3ccccc3-c3ccccc3-c3ccccc3-4)c3ccccc23)c1. The summed E-state index contributed by atoms with van der Waals surface area (Å²) < 4.78 is 0. The summed E-state index contributed by atoms with van der Waals surface area (Å²) in [7, 11) is 0. The first-order valence-electron chi connectivity index (χ1n) is 18.5. The molecule has 54 heavy (non-hydrogen) atoms. The highest BCUT2D eigenvalue weighted by molar-refractivity contribution is 6.21. The second-order valence-corrected chi connectivity index (χ2v) is 14.0. The quantitative estimate of drug-likeness (QED) is 0.173. The van der Waals surface area contributed by atoms with Crippen LogP contribution in [-0.4, -0.2) is 9.97 Å². The van der Waals surface area contributed by atoms with Gasteiger partial charge in [0.15, 0.2) is 5.82 Å². The Balaban J connectivity index is 1.17. The van der Waals surface area contributed by atoms with E-state index in [0.717, 1.165) is 44.5 Å². The van der Waals surface area contributed by atoms with Gasteiger partial charge in [-0.2, -0.15) is 0 Å². The highest BCUT2D eigenvalue weighted by Crippen LogP contribution is 2.49. The summed E-state index contributed by atoms with van der Waals surface area (Å²) in [5.41, 5.74) is 14.9. The Morgan fingerprint density at radius 1 is 0.296 bits per heavy atom. The molecule has 1 heterocycles. The van der Waals surface area contributed by atoms with Crippen molar-refractivity contribution in [3.05, 3.63) is 194 Å². The molecule has 0 fully saturated rings. The first kappa shape index (κ1) is 30.5. The highest BCUT2D eigenvalue weighted by Gasteiger charge is 2.25. The molecule has 0 bridgehead atoms. The minimum Gasteiger partial charge on any atom is -0.236 e. The molecule has 0 amide bonds. The van der Waals surface area contributed by atoms with Crippen LogP contribution in [0, 0.1) is 0 Å². The third-order valence-corrected chi connectivity index (χ3v) is 11.1. The Morgan fingerprint density at radius 3 is 1.35 bits per heavy atom. The standard InChI is InChI=1S/C52H32N2/c1-2-19-36-33(15-1)16-14-30-37(36)34-17-13-18-35(31-34)49-43-25-8-10-27-45(43)50(46-28-11-9-26-44(46)49)52-53-32-48-42-24-6-5-22-40(42)38-20-3-4-21-39(38)41-23-7-12-29-47(41)51(48)54-52/h1-32H. The maximum Gasteiger partial charge on any atom is 0.161 e. The Morgan fingerprint density at radius 2 is 0.722 bits per heavy atom. The fourth-order valence-electron chi connectivity index (χ4n) is 8.73. The van der Waals surface area contributed by atoms with Crippen LogP contribution in [0.1, 0.15) is 0 Å². The van der Waals surface area contributed by atoms with Crippen LogP contribution < -0.4 is 0 Å². The molecule has 1 aromatic heterocycles. The van der Waals surface area contributed by atoms with Gasteiger partial charge in [0, 0.05) is 22.9 Å². The second-order valence-electron chi connectivity index (χ2n) is 14.0. The summed E-state index contributed by atoms with van der Waals surface area (Å²) in [6.07, 6.45) is 2.05. The first-order valence-corrected chi connectivity index (χ1v) is 18.5. The molecule has 9 aromatic carbocycles. The van der Waals surface area contributed by atoms with Crippen LogP contribution in [0.2, 0.25) is 0 Å². The van der Waals surface area contributed by atoms with E-state index in [1.165, 1.54) is 66.1 Å². The van der Waals surface area contributed by atoms with Gasteiger partial charge < -0.3 is 0 Å². The van der Waals surface area contributed by atoms with Gasteiger partial charge in [-0.25, -0.2) is 9.97 Å². The molecule has 10 aromatic rings. The van der Waals surface area contributed by atoms with E-state index in [2.05, 4.69) is 188 Å². The molecule has 0 radical (unpaired) electrons. The van der Waals surface area contributed by atoms with Gasteiger partial charge in [0.1, 0.15) is 0 Å². The highest BCUT2D eigenvalue weighted by atomic mass is 14.9. The van der Waals surface area contributed by atoms with Gasteiger partial charge in [-0.1, -0.05) is 182 Å². The lowest BCUT2D eigenvalue weighted by Gasteiger charge is -2.23. The average molecular weight is 685 g/mol. The van der Waals surface area contributed by atoms with Crippen LogP contribution in [0.15, 0.2) is 194 Å². The zero-order valence-corrected chi connectivity index (χ0v) is 29.4. The molecule has 0 N–H and O–H groups in total. The monoisotopic (exact) mass is 684 g/mol. The Kier molecular flexibility index (Phi) is 6.90. The van der Waals surface area contributed by atoms with Crippen molar-refractivity contribution in [3.8, 4) is 78.3 Å². The van der Waals surface area contributed by atoms with Crippen molar-refractivity contribution in [2.45, 2.75) is 0 Å². The van der Waals surface area contributed by atoms with E-state index in [1.54, 1.807) is 0 Å². The average Bonchev–Trinajstić information content (AvgIpc) is 3.24. The summed E-state index contributed by atoms with van der Waals surface area (Å²) in [6.45, 7) is 0. The van der Waals surface area contributed by atoms with E-state index >= 15 is 0 Å². The summed E-state index contributed by atoms with van der Waals surface area (Å²) in [4.78, 5) is 10.8. The number of rotatable bonds is 3. The minimum absolute atomic E-state index is 0.721. The lowest BCUT2D eigenvalue weighted by Crippen LogP contribution is -2.02. The third-order valence-electron chi connectivity index (χ3n) is 11.1. The molecule has 0 aliphatic heterocycles. The zero-order valence-electron chi connectivity index (χ0n) is 29.4. The lowest BCUT2D eigenvalue weighted by atomic mass is 9.83. The Bertz CT molecular complexity index is 3050. The van der Waals surface area contributed by atoms with E-state index in [9.17, 15) is 0 Å². The van der Waals surface area contributed by atoms with E-state index in [0.29, 0.717) is 0 Å². The van der Waals surface area contributed by atoms with E-state index in [1.807, 2.05) is 6.20 Å². The van der Waals surface area contributed by atoms with Crippen molar-refractivity contribution < 1.29 is 0 Å². The van der Waals surface area contributed by atoms with Crippen molar-refractivity contribution in [2.24, 2.45) is 0 Å². The zero-order chi connectivity index (χ0) is 35.6. The van der Waals surface area contributed by atoms with Crippen LogP contribution in [0.25, 0.3) is 111 Å². The lowest BCUT2D eigenvalue weighted by molar-refractivity contribution is 1.19. The van der Waals surface area contributed by atoms with Crippen molar-refractivity contribution in [2.75, 3.05) is 0 Å². The summed E-state index contributed by atoms with van der Waals surface area (Å²) in [5, 5.41) is 7.11. The molecule has 0 atom stereocenters. The largest absolute Gasteiger partial charge is 0.236 e. The molecule has 0 saturated heterocycles. The van der Waals surface area contributed by atoms with Crippen LogP contribution in [-0.2, 0) is 0 Å². The molecule has 2 heteroatoms. The molecule has 250 valence electrons. The molecule has 0 unspecified atom stereocenters. The molecule has 1 aliphatic rings. The molecule has 2 nitrogen and oxygen atoms in total. The summed E-state index contributed by atoms with van der Waals surface area (Å²) >= 11 is 0. The number of fused-ring (bicyclic) bond motifs is 11. The minimum atomic E-state index is 0.721. The fraction of sp³-hybridized carbons (Fsp3) is 0. The normalized spacial score (nSPS) is 11.7. The molecule has 0 spiro atoms. The topological polar surface area (TPSA) is 25.8 Å². The van der Waals surface area contributed by atoms with Gasteiger partial charge in [-0.15, -0.1) is 0 Å². The van der Waals surface area contributed by atoms with Crippen LogP contribution >= 0.6 is 0 Å². The van der Waals surface area contributed by atoms with Gasteiger partial charge in [-0.05, 0) is 88.5 Å². The van der Waals surface area contributed by atoms with E-state index in [-0.39, 0.29) is 0 Å². The molecular formula is C52H32N2. The molecular weight excluding hydrogens is 653 g/mol. The van der Waals surface area contributed by atoms with Gasteiger partial charge in [0.2, 0.25) is 0 Å². The van der Waals surface area contributed by atoms with Crippen LogP contribution in [0.5, 0.6) is 0 Å². The number of benzene rings is 9. The van der Waals surface area contributed by atoms with Crippen molar-refractivity contribution in [3.63, 3.8) is 0 Å². The van der Waals surface area contributed by atoms with Crippen molar-refractivity contribution in [1.29, 1.82) is 0 Å². The number of nitrogens with zero attached hydrogens (tertiary/aromatic N) is 2. The number of aromatic nitrogens is 2. The Hall–Kier alpha value is -7.16. The number of hydrogen-bond acceptors (Lipinski definition) is 2. The Labute approximate surface area is 313 Å². The number of hydrogen-bond donors (Lipinski definition) is 0. The van der Waals surface area contributed by atoms with Crippen LogP contribution in [0.3, 0.4) is 0 Å². The van der Waals surface area contributed by atoms with Crippen molar-refractivity contribution >= 4 is 32.3 Å². The molecule has 1 aliphatic carbocycles. The third kappa shape index (κ3) is 4.67. The predicted molar refractivity (Wildman–Crippen MR) is 226 cm³/mol. The fourth-order valence-corrected chi connectivity index (χ4v) is 8.73. The first-order chi connectivity index (χ1) is 26.8. The van der Waals surface area contributed by atoms with Gasteiger partial charge in [0.05, 0.1) is 5.69 Å². The predicted octanol–water partition coefficient (Wildman–Crippen LogP) is 13.9. The van der Waals surface area contributed by atoms with Gasteiger partial charge in [-0.3, -0.25) is 0 Å².